The number of hydrogen-bond donors (Lipinski definition) is 0. The number of esters is 1. The Kier molecular flexibility index (Phi) is 6.53. The predicted molar refractivity (Wildman–Crippen MR) is 91.7 cm³/mol. The molecule has 0 amide bonds. The smallest absolute Gasteiger partial charge is 0.338 e. The molecule has 0 N–H and O–H groups in total. The average Bonchev–Trinajstić information content (AvgIpc) is 2.58. The van der Waals surface area contributed by atoms with Gasteiger partial charge in [-0.1, -0.05) is 25.5 Å². The van der Waals surface area contributed by atoms with Crippen LogP contribution in [0.25, 0.3) is 11.4 Å². The minimum absolute atomic E-state index is 0.196. The van der Waals surface area contributed by atoms with Gasteiger partial charge >= 0.3 is 5.97 Å². The number of alkyl halides is 1. The molecule has 0 aliphatic rings. The van der Waals surface area contributed by atoms with E-state index < -0.39 is 0 Å². The van der Waals surface area contributed by atoms with Gasteiger partial charge in [0.25, 0.3) is 0 Å². The van der Waals surface area contributed by atoms with E-state index in [0.717, 1.165) is 30.4 Å². The van der Waals surface area contributed by atoms with Crippen LogP contribution in [0.1, 0.15) is 42.6 Å². The highest BCUT2D eigenvalue weighted by atomic mass is 35.5. The number of carbonyl (C=O) groups excluding carboxylic acids is 1. The van der Waals surface area contributed by atoms with Crippen molar-refractivity contribution in [1.29, 1.82) is 0 Å². The van der Waals surface area contributed by atoms with Gasteiger partial charge < -0.3 is 4.74 Å². The molecule has 1 heterocycles. The van der Waals surface area contributed by atoms with Gasteiger partial charge in [0.05, 0.1) is 10.9 Å². The van der Waals surface area contributed by atoms with Crippen LogP contribution in [-0.2, 0) is 11.2 Å². The maximum Gasteiger partial charge on any atom is 0.338 e. The number of unbranched alkanes of at least 4 members (excludes halogenated alkanes) is 1. The van der Waals surface area contributed by atoms with E-state index in [9.17, 15) is 4.79 Å². The Morgan fingerprint density at radius 3 is 2.43 bits per heavy atom. The van der Waals surface area contributed by atoms with E-state index in [-0.39, 0.29) is 18.0 Å². The number of aryl methyl sites for hydroxylation is 1. The number of ether oxygens (including phenoxy) is 1. The van der Waals surface area contributed by atoms with Crippen molar-refractivity contribution in [1.82, 2.24) is 9.97 Å². The Bertz CT molecular complexity index is 624. The average molecular weight is 333 g/mol. The molecule has 0 bridgehead atoms. The molecule has 23 heavy (non-hydrogen) atoms. The van der Waals surface area contributed by atoms with Crippen molar-refractivity contribution in [3.8, 4) is 11.4 Å². The SMILES string of the molecule is CCCCc1cnc(-c2ccc(C(=O)OC[C@@H](C)Cl)cc2)nc1. The predicted octanol–water partition coefficient (Wildman–Crippen LogP) is 4.27. The third-order valence-corrected chi connectivity index (χ3v) is 3.47. The van der Waals surface area contributed by atoms with Crippen molar-refractivity contribution in [2.45, 2.75) is 38.5 Å². The second-order valence-electron chi connectivity index (χ2n) is 5.48. The van der Waals surface area contributed by atoms with Gasteiger partial charge in [0.2, 0.25) is 0 Å². The number of benzene rings is 1. The lowest BCUT2D eigenvalue weighted by Gasteiger charge is -2.07. The van der Waals surface area contributed by atoms with E-state index in [0.29, 0.717) is 11.4 Å². The normalized spacial score (nSPS) is 12.0. The number of rotatable bonds is 7. The summed E-state index contributed by atoms with van der Waals surface area (Å²) in [6.45, 7) is 4.14. The number of carbonyl (C=O) groups is 1. The van der Waals surface area contributed by atoms with E-state index in [1.807, 2.05) is 24.5 Å². The van der Waals surface area contributed by atoms with Gasteiger partial charge in [-0.2, -0.15) is 0 Å². The molecule has 0 spiro atoms. The van der Waals surface area contributed by atoms with Crippen LogP contribution in [-0.4, -0.2) is 27.9 Å². The Morgan fingerprint density at radius 1 is 1.22 bits per heavy atom. The van der Waals surface area contributed by atoms with E-state index in [1.165, 1.54) is 0 Å². The topological polar surface area (TPSA) is 52.1 Å². The van der Waals surface area contributed by atoms with Crippen LogP contribution in [0.5, 0.6) is 0 Å². The quantitative estimate of drug-likeness (QED) is 0.561. The summed E-state index contributed by atoms with van der Waals surface area (Å²) in [4.78, 5) is 20.6. The van der Waals surface area contributed by atoms with Gasteiger partial charge in [-0.05, 0) is 37.5 Å². The monoisotopic (exact) mass is 332 g/mol. The molecule has 0 unspecified atom stereocenters. The summed E-state index contributed by atoms with van der Waals surface area (Å²) in [5, 5.41) is -0.196. The number of halogens is 1. The number of hydrogen-bond acceptors (Lipinski definition) is 4. The maximum atomic E-state index is 11.8. The maximum absolute atomic E-state index is 11.8. The summed E-state index contributed by atoms with van der Waals surface area (Å²) >= 11 is 5.77. The highest BCUT2D eigenvalue weighted by Gasteiger charge is 2.09. The van der Waals surface area contributed by atoms with Crippen molar-refractivity contribution >= 4 is 17.6 Å². The fraction of sp³-hybridized carbons (Fsp3) is 0.389. The van der Waals surface area contributed by atoms with Crippen molar-refractivity contribution < 1.29 is 9.53 Å². The molecule has 0 radical (unpaired) electrons. The molecule has 122 valence electrons. The molecule has 0 saturated carbocycles. The van der Waals surface area contributed by atoms with Gasteiger partial charge in [0.15, 0.2) is 5.82 Å². The molecule has 0 saturated heterocycles. The fourth-order valence-corrected chi connectivity index (χ4v) is 2.11. The first-order valence-corrected chi connectivity index (χ1v) is 8.26. The highest BCUT2D eigenvalue weighted by Crippen LogP contribution is 2.16. The third-order valence-electron chi connectivity index (χ3n) is 3.35. The Hall–Kier alpha value is -1.94. The van der Waals surface area contributed by atoms with E-state index in [4.69, 9.17) is 16.3 Å². The molecule has 1 aromatic heterocycles. The molecule has 0 aliphatic carbocycles. The first kappa shape index (κ1) is 17.4. The van der Waals surface area contributed by atoms with Gasteiger partial charge in [-0.3, -0.25) is 0 Å². The lowest BCUT2D eigenvalue weighted by molar-refractivity contribution is 0.0508. The zero-order valence-corrected chi connectivity index (χ0v) is 14.2. The molecule has 1 atom stereocenters. The van der Waals surface area contributed by atoms with E-state index in [2.05, 4.69) is 16.9 Å². The number of aromatic nitrogens is 2. The fourth-order valence-electron chi connectivity index (χ4n) is 2.04. The van der Waals surface area contributed by atoms with Crippen LogP contribution in [0.3, 0.4) is 0 Å². The van der Waals surface area contributed by atoms with Crippen molar-refractivity contribution in [3.05, 3.63) is 47.8 Å². The van der Waals surface area contributed by atoms with Crippen LogP contribution in [0.15, 0.2) is 36.7 Å². The second kappa shape index (κ2) is 8.63. The van der Waals surface area contributed by atoms with E-state index in [1.54, 1.807) is 19.1 Å². The second-order valence-corrected chi connectivity index (χ2v) is 6.22. The molecule has 0 aliphatic heterocycles. The highest BCUT2D eigenvalue weighted by molar-refractivity contribution is 6.20. The van der Waals surface area contributed by atoms with Crippen LogP contribution in [0.2, 0.25) is 0 Å². The van der Waals surface area contributed by atoms with Crippen LogP contribution >= 0.6 is 11.6 Å². The van der Waals surface area contributed by atoms with Crippen LogP contribution in [0.4, 0.5) is 0 Å². The first-order chi connectivity index (χ1) is 11.1. The summed E-state index contributed by atoms with van der Waals surface area (Å²) in [6, 6.07) is 7.07. The van der Waals surface area contributed by atoms with Crippen molar-refractivity contribution in [2.24, 2.45) is 0 Å². The summed E-state index contributed by atoms with van der Waals surface area (Å²) in [6.07, 6.45) is 7.02. The summed E-state index contributed by atoms with van der Waals surface area (Å²) in [7, 11) is 0. The Morgan fingerprint density at radius 2 is 1.87 bits per heavy atom. The lowest BCUT2D eigenvalue weighted by atomic mass is 10.1. The molecule has 2 rings (SSSR count). The molecule has 4 nitrogen and oxygen atoms in total. The minimum atomic E-state index is -0.375. The number of nitrogens with zero attached hydrogens (tertiary/aromatic N) is 2. The van der Waals surface area contributed by atoms with Crippen molar-refractivity contribution in [3.63, 3.8) is 0 Å². The Balaban J connectivity index is 2.02. The van der Waals surface area contributed by atoms with Gasteiger partial charge in [0, 0.05) is 18.0 Å². The van der Waals surface area contributed by atoms with Crippen LogP contribution in [0, 0.1) is 0 Å². The zero-order chi connectivity index (χ0) is 16.7. The minimum Gasteiger partial charge on any atom is -0.461 e. The first-order valence-electron chi connectivity index (χ1n) is 7.82. The Labute approximate surface area is 141 Å². The lowest BCUT2D eigenvalue weighted by Crippen LogP contribution is -2.11. The third kappa shape index (κ3) is 5.32. The van der Waals surface area contributed by atoms with E-state index >= 15 is 0 Å². The summed E-state index contributed by atoms with van der Waals surface area (Å²) < 4.78 is 5.09. The van der Waals surface area contributed by atoms with Crippen molar-refractivity contribution in [2.75, 3.05) is 6.61 Å². The molecular weight excluding hydrogens is 312 g/mol. The summed E-state index contributed by atoms with van der Waals surface area (Å²) in [5.74, 6) is 0.277. The largest absolute Gasteiger partial charge is 0.461 e. The van der Waals surface area contributed by atoms with Gasteiger partial charge in [-0.25, -0.2) is 14.8 Å². The van der Waals surface area contributed by atoms with Gasteiger partial charge in [-0.15, -0.1) is 11.6 Å². The molecule has 2 aromatic rings. The molecule has 0 fully saturated rings. The zero-order valence-electron chi connectivity index (χ0n) is 13.5. The standard InChI is InChI=1S/C18H21ClN2O2/c1-3-4-5-14-10-20-17(21-11-14)15-6-8-16(9-7-15)18(22)23-12-13(2)19/h6-11,13H,3-5,12H2,1-2H3/t13-/m1/s1. The molecular formula is C18H21ClN2O2. The van der Waals surface area contributed by atoms with Crippen LogP contribution < -0.4 is 0 Å². The molecule has 1 aromatic carbocycles. The van der Waals surface area contributed by atoms with Gasteiger partial charge in [0.1, 0.15) is 6.61 Å². The summed E-state index contributed by atoms with van der Waals surface area (Å²) in [5.41, 5.74) is 2.51. The molecule has 5 heteroatoms.